The van der Waals surface area contributed by atoms with Crippen LogP contribution in [-0.2, 0) is 0 Å². The van der Waals surface area contributed by atoms with Gasteiger partial charge in [-0.3, -0.25) is 0 Å². The quantitative estimate of drug-likeness (QED) is 0.771. The smallest absolute Gasteiger partial charge is 0.161 e. The largest absolute Gasteiger partial charge is 0.493 e. The van der Waals surface area contributed by atoms with Gasteiger partial charge in [0.15, 0.2) is 11.5 Å². The highest BCUT2D eigenvalue weighted by Crippen LogP contribution is 2.28. The number of benzene rings is 2. The van der Waals surface area contributed by atoms with Gasteiger partial charge in [-0.25, -0.2) is 4.39 Å². The lowest BCUT2D eigenvalue weighted by Gasteiger charge is -2.07. The van der Waals surface area contributed by atoms with Gasteiger partial charge < -0.3 is 9.47 Å². The molecule has 0 atom stereocenters. The van der Waals surface area contributed by atoms with Gasteiger partial charge in [-0.05, 0) is 35.4 Å². The molecule has 0 aliphatic carbocycles. The summed E-state index contributed by atoms with van der Waals surface area (Å²) in [6.45, 7) is 0. The molecule has 2 aromatic carbocycles. The summed E-state index contributed by atoms with van der Waals surface area (Å²) in [6.07, 6.45) is 3.75. The molecular formula is C16H15FO2. The van der Waals surface area contributed by atoms with E-state index in [1.165, 1.54) is 12.1 Å². The first-order valence-corrected chi connectivity index (χ1v) is 5.88. The van der Waals surface area contributed by atoms with Crippen molar-refractivity contribution in [1.29, 1.82) is 0 Å². The molecule has 2 aromatic rings. The van der Waals surface area contributed by atoms with Crippen LogP contribution in [0.3, 0.4) is 0 Å². The highest BCUT2D eigenvalue weighted by atomic mass is 19.1. The summed E-state index contributed by atoms with van der Waals surface area (Å²) in [6, 6.07) is 12.1. The summed E-state index contributed by atoms with van der Waals surface area (Å²) >= 11 is 0. The molecular weight excluding hydrogens is 243 g/mol. The highest BCUT2D eigenvalue weighted by Gasteiger charge is 2.02. The van der Waals surface area contributed by atoms with Crippen molar-refractivity contribution >= 4 is 12.2 Å². The second kappa shape index (κ2) is 6.05. The molecule has 3 heteroatoms. The maximum absolute atomic E-state index is 13.0. The Hall–Kier alpha value is -2.29. The van der Waals surface area contributed by atoms with E-state index in [0.29, 0.717) is 11.5 Å². The normalized spacial score (nSPS) is 10.7. The number of hydrogen-bond acceptors (Lipinski definition) is 2. The van der Waals surface area contributed by atoms with Crippen LogP contribution in [0.4, 0.5) is 4.39 Å². The summed E-state index contributed by atoms with van der Waals surface area (Å²) in [7, 11) is 3.19. The van der Waals surface area contributed by atoms with Crippen molar-refractivity contribution in [2.45, 2.75) is 0 Å². The molecule has 0 radical (unpaired) electrons. The van der Waals surface area contributed by atoms with Gasteiger partial charge in [-0.2, -0.15) is 0 Å². The maximum atomic E-state index is 13.0. The Morgan fingerprint density at radius 2 is 1.53 bits per heavy atom. The average molecular weight is 258 g/mol. The van der Waals surface area contributed by atoms with Gasteiger partial charge in [0.05, 0.1) is 14.2 Å². The van der Waals surface area contributed by atoms with E-state index < -0.39 is 0 Å². The molecule has 0 aliphatic rings. The minimum Gasteiger partial charge on any atom is -0.493 e. The van der Waals surface area contributed by atoms with Gasteiger partial charge in [0.25, 0.3) is 0 Å². The van der Waals surface area contributed by atoms with Gasteiger partial charge in [0, 0.05) is 0 Å². The van der Waals surface area contributed by atoms with Crippen LogP contribution < -0.4 is 9.47 Å². The topological polar surface area (TPSA) is 18.5 Å². The van der Waals surface area contributed by atoms with E-state index in [2.05, 4.69) is 0 Å². The van der Waals surface area contributed by atoms with Crippen molar-refractivity contribution in [3.63, 3.8) is 0 Å². The molecule has 0 N–H and O–H groups in total. The molecule has 0 fully saturated rings. The van der Waals surface area contributed by atoms with Crippen LogP contribution in [0.25, 0.3) is 12.2 Å². The fourth-order valence-corrected chi connectivity index (χ4v) is 1.76. The fourth-order valence-electron chi connectivity index (χ4n) is 1.76. The van der Waals surface area contributed by atoms with Crippen LogP contribution in [0.5, 0.6) is 11.5 Å². The second-order valence-electron chi connectivity index (χ2n) is 4.00. The zero-order valence-corrected chi connectivity index (χ0v) is 10.9. The minimum absolute atomic E-state index is 0.241. The molecule has 0 unspecified atom stereocenters. The summed E-state index contributed by atoms with van der Waals surface area (Å²) < 4.78 is 23.4. The van der Waals surface area contributed by atoms with Crippen LogP contribution >= 0.6 is 0 Å². The zero-order chi connectivity index (χ0) is 13.7. The van der Waals surface area contributed by atoms with E-state index in [9.17, 15) is 4.39 Å². The third-order valence-corrected chi connectivity index (χ3v) is 2.72. The van der Waals surface area contributed by atoms with Crippen LogP contribution in [-0.4, -0.2) is 14.2 Å². The lowest BCUT2D eigenvalue weighted by atomic mass is 10.1. The first kappa shape index (κ1) is 13.1. The van der Waals surface area contributed by atoms with Gasteiger partial charge in [0.2, 0.25) is 0 Å². The molecule has 0 saturated heterocycles. The molecule has 0 bridgehead atoms. The Morgan fingerprint density at radius 1 is 0.842 bits per heavy atom. The first-order valence-electron chi connectivity index (χ1n) is 5.88. The minimum atomic E-state index is -0.241. The van der Waals surface area contributed by atoms with Gasteiger partial charge in [0.1, 0.15) is 5.82 Å². The molecule has 0 saturated carbocycles. The molecule has 0 aliphatic heterocycles. The number of ether oxygens (including phenoxy) is 2. The predicted molar refractivity (Wildman–Crippen MR) is 74.9 cm³/mol. The highest BCUT2D eigenvalue weighted by molar-refractivity contribution is 5.70. The van der Waals surface area contributed by atoms with E-state index in [-0.39, 0.29) is 5.82 Å². The summed E-state index contributed by atoms with van der Waals surface area (Å²) in [4.78, 5) is 0. The van der Waals surface area contributed by atoms with E-state index in [4.69, 9.17) is 9.47 Å². The zero-order valence-electron chi connectivity index (χ0n) is 10.9. The third kappa shape index (κ3) is 3.35. The fraction of sp³-hybridized carbons (Fsp3) is 0.125. The number of rotatable bonds is 4. The van der Waals surface area contributed by atoms with E-state index in [1.54, 1.807) is 20.3 Å². The lowest BCUT2D eigenvalue weighted by Crippen LogP contribution is -1.90. The Balaban J connectivity index is 2.23. The third-order valence-electron chi connectivity index (χ3n) is 2.72. The van der Waals surface area contributed by atoms with E-state index in [1.807, 2.05) is 36.4 Å². The number of halogens is 1. The van der Waals surface area contributed by atoms with Crippen LogP contribution in [0.2, 0.25) is 0 Å². The van der Waals surface area contributed by atoms with Gasteiger partial charge in [-0.1, -0.05) is 30.4 Å². The summed E-state index contributed by atoms with van der Waals surface area (Å²) in [5.74, 6) is 1.11. The lowest BCUT2D eigenvalue weighted by molar-refractivity contribution is 0.355. The van der Waals surface area contributed by atoms with Gasteiger partial charge in [-0.15, -0.1) is 0 Å². The van der Waals surface area contributed by atoms with Crippen molar-refractivity contribution in [2.75, 3.05) is 14.2 Å². The summed E-state index contributed by atoms with van der Waals surface area (Å²) in [5.41, 5.74) is 1.77. The monoisotopic (exact) mass is 258 g/mol. The van der Waals surface area contributed by atoms with Crippen molar-refractivity contribution < 1.29 is 13.9 Å². The molecule has 2 rings (SSSR count). The maximum Gasteiger partial charge on any atom is 0.161 e. The Bertz CT molecular complexity index is 591. The molecule has 2 nitrogen and oxygen atoms in total. The van der Waals surface area contributed by atoms with Crippen molar-refractivity contribution in [3.8, 4) is 11.5 Å². The van der Waals surface area contributed by atoms with Crippen LogP contribution in [0.15, 0.2) is 42.5 Å². The predicted octanol–water partition coefficient (Wildman–Crippen LogP) is 4.01. The molecule has 0 aromatic heterocycles. The van der Waals surface area contributed by atoms with Crippen LogP contribution in [0, 0.1) is 5.82 Å². The number of hydrogen-bond donors (Lipinski definition) is 0. The molecule has 0 amide bonds. The number of methoxy groups -OCH3 is 2. The SMILES string of the molecule is COc1ccc(/C=C/c2cccc(F)c2)cc1OC. The van der Waals surface area contributed by atoms with E-state index >= 15 is 0 Å². The van der Waals surface area contributed by atoms with Gasteiger partial charge >= 0.3 is 0 Å². The second-order valence-corrected chi connectivity index (χ2v) is 4.00. The Labute approximate surface area is 112 Å². The van der Waals surface area contributed by atoms with Crippen molar-refractivity contribution in [2.24, 2.45) is 0 Å². The molecule has 0 spiro atoms. The summed E-state index contributed by atoms with van der Waals surface area (Å²) in [5, 5.41) is 0. The van der Waals surface area contributed by atoms with E-state index in [0.717, 1.165) is 11.1 Å². The van der Waals surface area contributed by atoms with Crippen molar-refractivity contribution in [1.82, 2.24) is 0 Å². The van der Waals surface area contributed by atoms with Crippen LogP contribution in [0.1, 0.15) is 11.1 Å². The van der Waals surface area contributed by atoms with Crippen molar-refractivity contribution in [3.05, 3.63) is 59.4 Å². The standard InChI is InChI=1S/C16H15FO2/c1-18-15-9-8-13(11-16(15)19-2)7-6-12-4-3-5-14(17)10-12/h3-11H,1-2H3/b7-6+. The molecule has 19 heavy (non-hydrogen) atoms. The Kier molecular flexibility index (Phi) is 4.18. The Morgan fingerprint density at radius 3 is 2.16 bits per heavy atom. The average Bonchev–Trinajstić information content (AvgIpc) is 2.45. The molecule has 0 heterocycles. The molecule has 98 valence electrons. The first-order chi connectivity index (χ1) is 9.22.